The first kappa shape index (κ1) is 108. The van der Waals surface area contributed by atoms with Crippen LogP contribution >= 0.6 is 31.2 Å². The summed E-state index contributed by atoms with van der Waals surface area (Å²) in [7, 11) is -42.6. The summed E-state index contributed by atoms with van der Waals surface area (Å²) in [6.45, 7) is 14.8. The second kappa shape index (κ2) is 41.2. The fourth-order valence-electron chi connectivity index (χ4n) is 12.0. The molecule has 15 aromatic rings. The number of benzene rings is 11. The minimum atomic E-state index is -10.7. The second-order valence-corrected chi connectivity index (χ2v) is 34.1. The molecule has 22 aliphatic heterocycles. The Bertz CT molecular complexity index is 5490. The molecule has 22 aliphatic rings. The average Bonchev–Trinajstić information content (AvgIpc) is 0.687. The molecule has 37 rings (SSSR count). The number of nitrogens with zero attached hydrogens (tertiary/aromatic N) is 12. The smallest absolute Gasteiger partial charge is 0.173 e. The largest absolute Gasteiger partial charge is 0.201 e. The molecule has 12 nitrogen and oxygen atoms in total. The van der Waals surface area contributed by atoms with E-state index in [-0.39, 0.29) is 0 Å². The number of aromatic nitrogens is 4. The molecule has 0 N–H and O–H groups in total. The molecule has 0 unspecified atom stereocenters. The van der Waals surface area contributed by atoms with Gasteiger partial charge in [0.05, 0.1) is 48.6 Å². The molecule has 676 valence electrons. The topological polar surface area (TPSA) is 206 Å². The molecular weight excluding hydrogens is 1800 g/mol. The molecule has 16 bridgehead atoms. The zero-order valence-corrected chi connectivity index (χ0v) is 72.0. The zero-order chi connectivity index (χ0) is 97.4. The molecule has 0 saturated heterocycles. The number of hydrogen-bond acceptors (Lipinski definition) is 8. The second-order valence-electron chi connectivity index (χ2n) is 26.4. The van der Waals surface area contributed by atoms with Crippen LogP contribution in [0.4, 0.5) is 101 Å². The van der Waals surface area contributed by atoms with Crippen LogP contribution in [0.25, 0.3) is 109 Å². The molecule has 40 heteroatoms. The van der Waals surface area contributed by atoms with Crippen molar-refractivity contribution in [2.75, 3.05) is 0 Å². The number of pyridine rings is 4. The summed E-state index contributed by atoms with van der Waals surface area (Å²) in [5, 5.41) is 75.3. The Morgan fingerprint density at radius 1 is 0.172 bits per heavy atom. The number of rotatable bonds is 0. The van der Waals surface area contributed by atoms with Gasteiger partial charge in [-0.05, 0) is 109 Å². The van der Waals surface area contributed by atoms with Crippen LogP contribution < -0.4 is 18.3 Å². The average molecular weight is 1880 g/mol. The molecule has 0 amide bonds. The van der Waals surface area contributed by atoms with E-state index in [9.17, 15) is 101 Å². The van der Waals surface area contributed by atoms with Gasteiger partial charge in [0.15, 0.2) is 75.8 Å². The van der Waals surface area contributed by atoms with Gasteiger partial charge < -0.3 is 0 Å². The van der Waals surface area contributed by atoms with Crippen molar-refractivity contribution in [3.8, 4) is 93.1 Å². The minimum Gasteiger partial charge on any atom is -0.201 e. The van der Waals surface area contributed by atoms with E-state index in [0.717, 1.165) is 26.2 Å². The van der Waals surface area contributed by atoms with E-state index in [0.29, 0.717) is 0 Å². The zero-order valence-electron chi connectivity index (χ0n) is 68.5. The monoisotopic (exact) mass is 1880 g/mol. The Balaban J connectivity index is 0.000000456. The van der Waals surface area contributed by atoms with Crippen LogP contribution in [-0.2, 0) is 26.2 Å². The first-order chi connectivity index (χ1) is 58.7. The summed E-state index contributed by atoms with van der Waals surface area (Å²) < 4.78 is 246. The molecule has 128 heavy (non-hydrogen) atoms. The van der Waals surface area contributed by atoms with Crippen molar-refractivity contribution in [3.63, 3.8) is 0 Å². The van der Waals surface area contributed by atoms with E-state index in [1.165, 1.54) is 187 Å². The quantitative estimate of drug-likeness (QED) is 0.0468. The van der Waals surface area contributed by atoms with Crippen molar-refractivity contribution in [1.29, 1.82) is 42.1 Å². The maximum absolute atomic E-state index is 10.7. The van der Waals surface area contributed by atoms with Gasteiger partial charge in [0.2, 0.25) is 0 Å². The van der Waals surface area contributed by atoms with Crippen LogP contribution in [0.5, 0.6) is 0 Å². The number of hydrogen-bond donors (Lipinski definition) is 0. The third-order valence-corrected chi connectivity index (χ3v) is 16.1. The van der Waals surface area contributed by atoms with Gasteiger partial charge in [-0.1, -0.05) is 170 Å². The maximum atomic E-state index is 9.87. The predicted molar refractivity (Wildman–Crippen MR) is 454 cm³/mol. The molecule has 0 spiro atoms. The van der Waals surface area contributed by atoms with Gasteiger partial charge in [-0.25, -0.2) is 18.3 Å². The van der Waals surface area contributed by atoms with Crippen molar-refractivity contribution in [3.05, 3.63) is 290 Å². The van der Waals surface area contributed by atoms with Crippen LogP contribution in [-0.4, -0.2) is 0 Å². The van der Waals surface area contributed by atoms with E-state index < -0.39 is 31.2 Å². The normalized spacial score (nSPS) is 13.0. The summed E-state index contributed by atoms with van der Waals surface area (Å²) in [5.41, 5.74) is 14.9. The SMILES string of the molecule is CC#N.CC#N.CC#N.CC#N.CC#N.CC#N.CC#N.CC#N.F[P-](F)(F)(F)(F)F.F[P-](F)(F)(F)(F)F.F[P-](F)(F)(F)(F)F.F[P-](F)(F)(F)(F)F.c1cc2ccc1C[n+]1ccc(cc1)-c1ccc(cc1)-c1cc[n+](cc1)Cc1ccc(cc1)C[n+]1ccc(cc1)-c1ccc(cc1)-c1cc[n+](cc1)C2.c1cc2ccc3ccc4ccc5ccc6ccc1c1c2c3c4c5c61. The Morgan fingerprint density at radius 2 is 0.258 bits per heavy atom. The van der Waals surface area contributed by atoms with Gasteiger partial charge in [0, 0.05) is 126 Å². The van der Waals surface area contributed by atoms with Gasteiger partial charge in [-0.2, -0.15) is 42.1 Å². The molecule has 0 aliphatic carbocycles. The van der Waals surface area contributed by atoms with E-state index in [1.54, 1.807) is 48.6 Å². The predicted octanol–water partition coefficient (Wildman–Crippen LogP) is 32.7. The first-order valence-electron chi connectivity index (χ1n) is 36.3. The van der Waals surface area contributed by atoms with Crippen molar-refractivity contribution < 1.29 is 119 Å². The molecular formula is C88H76F24N12P4. The summed E-state index contributed by atoms with van der Waals surface area (Å²) in [5.74, 6) is 0. The third-order valence-electron chi connectivity index (χ3n) is 16.1. The van der Waals surface area contributed by atoms with E-state index in [4.69, 9.17) is 42.1 Å². The minimum absolute atomic E-state index is 0.837. The molecule has 0 radical (unpaired) electrons. The summed E-state index contributed by atoms with van der Waals surface area (Å²) >= 11 is 0. The Kier molecular flexibility index (Phi) is 34.9. The van der Waals surface area contributed by atoms with Crippen molar-refractivity contribution in [1.82, 2.24) is 0 Å². The molecule has 4 aromatic heterocycles. The van der Waals surface area contributed by atoms with Gasteiger partial charge in [-0.3, -0.25) is 0 Å². The summed E-state index contributed by atoms with van der Waals surface area (Å²) in [4.78, 5) is 0. The fourth-order valence-corrected chi connectivity index (χ4v) is 12.0. The standard InChI is InChI=1S/C48H40N4.C24H12.8C2H3N.4F6P/c1-2-38-4-3-37(1)33-49-25-17-45(18-26-49)41-9-11-43(12-10-41)47-21-29-51(30-22-47)35-39-5-7-40(8-6-39)36-52-31-23-48(24-32-52)44-15-13-42(14-16-44)46-19-27-50(34-38)28-20-46;1-2-14-5-6-16-9-11-18-12-10-17-8-7-15-4-3-13(1)19-20(14)22(16)24(18)23(17)21(15)19;8*1-2-3;4*1-7(2,3,4,5)6/h1-32H,33-36H2;1-12H;8*1H3;;;;/q+4;;;;;;;;;;4*-1. The van der Waals surface area contributed by atoms with Gasteiger partial charge in [0.25, 0.3) is 0 Å². The van der Waals surface area contributed by atoms with Crippen molar-refractivity contribution in [2.24, 2.45) is 0 Å². The van der Waals surface area contributed by atoms with Crippen LogP contribution in [0.15, 0.2) is 268 Å². The van der Waals surface area contributed by atoms with Crippen LogP contribution in [0.1, 0.15) is 77.6 Å². The maximum Gasteiger partial charge on any atom is 0.173 e. The van der Waals surface area contributed by atoms with E-state index in [1.807, 2.05) is 0 Å². The molecule has 0 fully saturated rings. The Labute approximate surface area is 718 Å². The van der Waals surface area contributed by atoms with E-state index in [2.05, 4.69) is 286 Å². The molecule has 26 heterocycles. The molecule has 0 atom stereocenters. The van der Waals surface area contributed by atoms with Crippen LogP contribution in [0.3, 0.4) is 0 Å². The fraction of sp³-hybridized carbons (Fsp3) is 0.136. The van der Waals surface area contributed by atoms with Crippen molar-refractivity contribution in [2.45, 2.75) is 81.6 Å². The summed E-state index contributed by atoms with van der Waals surface area (Å²) in [6, 6.07) is 94.7. The Hall–Kier alpha value is -13.7. The molecule has 11 aromatic carbocycles. The van der Waals surface area contributed by atoms with Gasteiger partial charge >= 0.3 is 132 Å². The van der Waals surface area contributed by atoms with Gasteiger partial charge in [-0.15, -0.1) is 0 Å². The van der Waals surface area contributed by atoms with Gasteiger partial charge in [0.1, 0.15) is 0 Å². The van der Waals surface area contributed by atoms with E-state index >= 15 is 0 Å². The van der Waals surface area contributed by atoms with Crippen LogP contribution in [0.2, 0.25) is 0 Å². The van der Waals surface area contributed by atoms with Crippen LogP contribution in [0, 0.1) is 90.6 Å². The third kappa shape index (κ3) is 44.8. The number of halogens is 24. The summed E-state index contributed by atoms with van der Waals surface area (Å²) in [6.07, 6.45) is 17.4. The Morgan fingerprint density at radius 3 is 0.352 bits per heavy atom. The molecule has 0 saturated carbocycles. The first-order valence-corrected chi connectivity index (χ1v) is 44.4. The van der Waals surface area contributed by atoms with Crippen molar-refractivity contribution >= 4 is 95.9 Å². The number of nitriles is 8.